The van der Waals surface area contributed by atoms with Gasteiger partial charge in [0.25, 0.3) is 0 Å². The zero-order chi connectivity index (χ0) is 5.86. The number of hydrogen-bond acceptors (Lipinski definition) is 4. The molecule has 0 amide bonds. The number of hydrogen-bond donors (Lipinski definition) is 0. The molecule has 0 aliphatic carbocycles. The van der Waals surface area contributed by atoms with Gasteiger partial charge in [0, 0.05) is 6.92 Å². The third-order valence-corrected chi connectivity index (χ3v) is 0.203. The van der Waals surface area contributed by atoms with Crippen LogP contribution in [-0.2, 0) is 9.63 Å². The Morgan fingerprint density at radius 3 is 2.12 bits per heavy atom. The summed E-state index contributed by atoms with van der Waals surface area (Å²) in [5.41, 5.74) is 0. The van der Waals surface area contributed by atoms with Crippen LogP contribution in [0.25, 0.3) is 0 Å². The number of carbonyl (C=O) groups is 1. The molecule has 0 aromatic carbocycles. The minimum atomic E-state index is -1.15. The van der Waals surface area contributed by atoms with Crippen LogP contribution in [0, 0.1) is 10.1 Å². The molecule has 0 bridgehead atoms. The molecule has 0 spiro atoms. The predicted molar refractivity (Wildman–Crippen MR) is 28.7 cm³/mol. The van der Waals surface area contributed by atoms with E-state index in [1.54, 1.807) is 0 Å². The van der Waals surface area contributed by atoms with Gasteiger partial charge in [-0.3, -0.25) is 4.79 Å². The van der Waals surface area contributed by atoms with Gasteiger partial charge >= 0.3 is 37.3 Å². The van der Waals surface area contributed by atoms with E-state index in [2.05, 4.69) is 4.84 Å². The molecule has 0 unspecified atom stereocenters. The molecule has 48 valence electrons. The van der Waals surface area contributed by atoms with Crippen molar-refractivity contribution < 1.29 is 14.7 Å². The fourth-order valence-corrected chi connectivity index (χ4v) is 0.105. The molecule has 5 nitrogen and oxygen atoms in total. The van der Waals surface area contributed by atoms with Crippen LogP contribution in [0.15, 0.2) is 0 Å². The van der Waals surface area contributed by atoms with Crippen molar-refractivity contribution in [3.05, 3.63) is 10.1 Å². The van der Waals surface area contributed by atoms with Crippen LogP contribution in [-0.4, -0.2) is 37.3 Å². The van der Waals surface area contributed by atoms with E-state index in [4.69, 9.17) is 0 Å². The van der Waals surface area contributed by atoms with Crippen molar-refractivity contribution in [1.82, 2.24) is 0 Å². The second kappa shape index (κ2) is 4.90. The molecular weight excluding hydrogens is 311 g/mol. The van der Waals surface area contributed by atoms with E-state index in [0.717, 1.165) is 6.92 Å². The van der Waals surface area contributed by atoms with Crippen molar-refractivity contribution in [3.63, 3.8) is 0 Å². The molecule has 0 fully saturated rings. The third-order valence-electron chi connectivity index (χ3n) is 0.203. The van der Waals surface area contributed by atoms with Crippen LogP contribution >= 0.6 is 0 Å². The molecule has 0 rings (SSSR count). The van der Waals surface area contributed by atoms with Crippen molar-refractivity contribution in [1.29, 1.82) is 0 Å². The van der Waals surface area contributed by atoms with Gasteiger partial charge in [0.1, 0.15) is 0 Å². The van der Waals surface area contributed by atoms with Crippen molar-refractivity contribution in [2.45, 2.75) is 6.92 Å². The second-order valence-corrected chi connectivity index (χ2v) is 0.806. The van der Waals surface area contributed by atoms with Crippen molar-refractivity contribution >= 4 is 32.2 Å². The average molecular weight is 317 g/mol. The molecule has 6 heteroatoms. The van der Waals surface area contributed by atoms with Gasteiger partial charge in [-0.2, -0.15) is 0 Å². The minimum absolute atomic E-state index is 0. The van der Waals surface area contributed by atoms with Crippen molar-refractivity contribution in [3.8, 4) is 0 Å². The molecule has 0 saturated carbocycles. The molecule has 0 saturated heterocycles. The summed E-state index contributed by atoms with van der Waals surface area (Å²) in [7, 11) is 0. The fraction of sp³-hybridized carbons (Fsp3) is 0.500. The number of nitrogens with zero attached hydrogens (tertiary/aromatic N) is 1. The third kappa shape index (κ3) is 9.23. The Kier molecular flexibility index (Phi) is 6.54. The Morgan fingerprint density at radius 1 is 1.75 bits per heavy atom. The summed E-state index contributed by atoms with van der Waals surface area (Å²) in [6, 6.07) is 0. The normalized spacial score (nSPS) is 6.62. The topological polar surface area (TPSA) is 69.4 Å². The quantitative estimate of drug-likeness (QED) is 0.337. The van der Waals surface area contributed by atoms with E-state index < -0.39 is 11.1 Å². The Hall–Kier alpha value is -0.247. The predicted octanol–water partition coefficient (Wildman–Crippen LogP) is -1.44. The van der Waals surface area contributed by atoms with Crippen LogP contribution < -0.4 is 0 Å². The van der Waals surface area contributed by atoms with Gasteiger partial charge in [-0.15, -0.1) is 10.1 Å². The Labute approximate surface area is 64.2 Å². The molecule has 0 aliphatic rings. The van der Waals surface area contributed by atoms with E-state index in [1.807, 2.05) is 0 Å². The molecule has 0 atom stereocenters. The van der Waals surface area contributed by atoms with Gasteiger partial charge in [0.2, 0.25) is 0 Å². The molecule has 0 aliphatic heterocycles. The molecule has 0 aromatic heterocycles. The standard InChI is InChI=1S/C2H3NO4.Bi.3H/c1-2(4)7-3(5)6;;;;/h1H3;;;;. The number of carbonyl (C=O) groups excluding carboxylic acids is 1. The molecule has 0 radical (unpaired) electrons. The zero-order valence-corrected chi connectivity index (χ0v) is 9.79. The summed E-state index contributed by atoms with van der Waals surface area (Å²) >= 11 is 0. The van der Waals surface area contributed by atoms with E-state index >= 15 is 0 Å². The molecule has 8 heavy (non-hydrogen) atoms. The maximum atomic E-state index is 9.59. The van der Waals surface area contributed by atoms with Crippen LogP contribution in [0.2, 0.25) is 0 Å². The Balaban J connectivity index is 0. The van der Waals surface area contributed by atoms with Gasteiger partial charge in [0.15, 0.2) is 0 Å². The summed E-state index contributed by atoms with van der Waals surface area (Å²) in [5, 5.41) is 8.02. The van der Waals surface area contributed by atoms with E-state index in [1.165, 1.54) is 0 Å². The number of rotatable bonds is 1. The zero-order valence-electron chi connectivity index (χ0n) is 4.29. The Morgan fingerprint density at radius 2 is 2.12 bits per heavy atom. The first kappa shape index (κ1) is 10.7. The average Bonchev–Trinajstić information content (AvgIpc) is 1.27. The summed E-state index contributed by atoms with van der Waals surface area (Å²) in [5.74, 6) is -0.912. The van der Waals surface area contributed by atoms with Gasteiger partial charge in [-0.05, 0) is 0 Å². The van der Waals surface area contributed by atoms with E-state index in [9.17, 15) is 14.9 Å². The van der Waals surface area contributed by atoms with E-state index in [-0.39, 0.29) is 26.2 Å². The van der Waals surface area contributed by atoms with Crippen LogP contribution in [0.5, 0.6) is 0 Å². The van der Waals surface area contributed by atoms with Gasteiger partial charge in [0.05, 0.1) is 0 Å². The first-order chi connectivity index (χ1) is 3.13. The van der Waals surface area contributed by atoms with Crippen LogP contribution in [0.3, 0.4) is 0 Å². The summed E-state index contributed by atoms with van der Waals surface area (Å²) in [6.45, 7) is 0.961. The van der Waals surface area contributed by atoms with Crippen LogP contribution in [0.4, 0.5) is 0 Å². The molecule has 0 heterocycles. The van der Waals surface area contributed by atoms with Crippen molar-refractivity contribution in [2.24, 2.45) is 0 Å². The second-order valence-electron chi connectivity index (χ2n) is 0.806. The first-order valence-corrected chi connectivity index (χ1v) is 1.46. The van der Waals surface area contributed by atoms with E-state index in [0.29, 0.717) is 0 Å². The van der Waals surface area contributed by atoms with Crippen molar-refractivity contribution in [2.75, 3.05) is 0 Å². The molecular formula is C2H6BiNO4. The Bertz CT molecular complexity index is 90.2. The van der Waals surface area contributed by atoms with Gasteiger partial charge in [-0.1, -0.05) is 0 Å². The maximum absolute atomic E-state index is 9.59. The summed E-state index contributed by atoms with van der Waals surface area (Å²) < 4.78 is 0. The first-order valence-electron chi connectivity index (χ1n) is 1.46. The monoisotopic (exact) mass is 317 g/mol. The van der Waals surface area contributed by atoms with Gasteiger partial charge in [-0.25, -0.2) is 4.84 Å². The molecule has 0 N–H and O–H groups in total. The van der Waals surface area contributed by atoms with Crippen LogP contribution in [0.1, 0.15) is 6.92 Å². The SMILES string of the molecule is CC(=O)O[N+](=O)[O-].[BiH3]. The van der Waals surface area contributed by atoms with Gasteiger partial charge < -0.3 is 0 Å². The summed E-state index contributed by atoms with van der Waals surface area (Å²) in [4.78, 5) is 22.1. The summed E-state index contributed by atoms with van der Waals surface area (Å²) in [6.07, 6.45) is 0. The molecule has 0 aromatic rings. The fourth-order valence-electron chi connectivity index (χ4n) is 0.105.